The number of carbonyl (C=O) groups excluding carboxylic acids is 1. The van der Waals surface area contributed by atoms with Crippen LogP contribution in [-0.4, -0.2) is 17.1 Å². The number of benzene rings is 1. The van der Waals surface area contributed by atoms with Gasteiger partial charge in [-0.05, 0) is 39.7 Å². The van der Waals surface area contributed by atoms with Gasteiger partial charge in [-0.2, -0.15) is 18.4 Å². The Morgan fingerprint density at radius 1 is 1.20 bits per heavy atom. The Morgan fingerprint density at radius 3 is 2.44 bits per heavy atom. The summed E-state index contributed by atoms with van der Waals surface area (Å²) in [5.74, 6) is -1.13. The number of amides is 1. The van der Waals surface area contributed by atoms with E-state index >= 15 is 0 Å². The smallest absolute Gasteiger partial charge is 0.336 e. The molecule has 0 aliphatic rings. The van der Waals surface area contributed by atoms with E-state index in [1.165, 1.54) is 30.3 Å². The highest BCUT2D eigenvalue weighted by molar-refractivity contribution is 9.10. The SMILES string of the molecule is N#C/C(=C\c1cccc(Br)n1)C(=O)NC(c1ccccc1)C(F)(F)F. The minimum Gasteiger partial charge on any atom is -0.336 e. The molecule has 0 radical (unpaired) electrons. The molecule has 1 N–H and O–H groups in total. The first-order valence-electron chi connectivity index (χ1n) is 6.98. The van der Waals surface area contributed by atoms with Crippen LogP contribution in [0.5, 0.6) is 0 Å². The van der Waals surface area contributed by atoms with Crippen LogP contribution >= 0.6 is 15.9 Å². The van der Waals surface area contributed by atoms with Gasteiger partial charge in [0.15, 0.2) is 6.04 Å². The van der Waals surface area contributed by atoms with Gasteiger partial charge in [0.05, 0.1) is 5.69 Å². The fraction of sp³-hybridized carbons (Fsp3) is 0.118. The molecule has 0 aliphatic heterocycles. The van der Waals surface area contributed by atoms with Gasteiger partial charge in [0.25, 0.3) is 5.91 Å². The van der Waals surface area contributed by atoms with Crippen LogP contribution in [0, 0.1) is 11.3 Å². The van der Waals surface area contributed by atoms with Crippen molar-refractivity contribution in [3.63, 3.8) is 0 Å². The van der Waals surface area contributed by atoms with Gasteiger partial charge in [0.2, 0.25) is 0 Å². The summed E-state index contributed by atoms with van der Waals surface area (Å²) in [5.41, 5.74) is -0.332. The van der Waals surface area contributed by atoms with E-state index < -0.39 is 23.7 Å². The number of nitrogens with zero attached hydrogens (tertiary/aromatic N) is 2. The Kier molecular flexibility index (Phi) is 5.93. The molecule has 0 bridgehead atoms. The first kappa shape index (κ1) is 18.7. The van der Waals surface area contributed by atoms with Crippen LogP contribution in [0.2, 0.25) is 0 Å². The van der Waals surface area contributed by atoms with Crippen LogP contribution in [0.1, 0.15) is 17.3 Å². The minimum absolute atomic E-state index is 0.124. The van der Waals surface area contributed by atoms with Gasteiger partial charge in [-0.3, -0.25) is 4.79 Å². The number of rotatable bonds is 4. The summed E-state index contributed by atoms with van der Waals surface area (Å²) >= 11 is 3.14. The number of pyridine rings is 1. The lowest BCUT2D eigenvalue weighted by Gasteiger charge is -2.21. The van der Waals surface area contributed by atoms with Crippen molar-refractivity contribution in [3.05, 3.63) is 70.0 Å². The van der Waals surface area contributed by atoms with Crippen molar-refractivity contribution in [1.82, 2.24) is 10.3 Å². The Hall–Kier alpha value is -2.66. The molecular weight excluding hydrogens is 399 g/mol. The molecule has 0 fully saturated rings. The maximum absolute atomic E-state index is 13.3. The van der Waals surface area contributed by atoms with E-state index in [9.17, 15) is 18.0 Å². The maximum atomic E-state index is 13.3. The largest absolute Gasteiger partial charge is 0.412 e. The molecule has 2 rings (SSSR count). The van der Waals surface area contributed by atoms with Crippen LogP contribution in [0.15, 0.2) is 58.7 Å². The lowest BCUT2D eigenvalue weighted by molar-refractivity contribution is -0.162. The molecule has 1 heterocycles. The third-order valence-corrected chi connectivity index (χ3v) is 3.57. The van der Waals surface area contributed by atoms with Gasteiger partial charge in [-0.25, -0.2) is 4.98 Å². The summed E-state index contributed by atoms with van der Waals surface area (Å²) in [6.45, 7) is 0. The van der Waals surface area contributed by atoms with Gasteiger partial charge in [-0.1, -0.05) is 36.4 Å². The molecule has 25 heavy (non-hydrogen) atoms. The Labute approximate surface area is 150 Å². The topological polar surface area (TPSA) is 65.8 Å². The minimum atomic E-state index is -4.70. The number of nitriles is 1. The molecule has 0 saturated carbocycles. The Morgan fingerprint density at radius 2 is 1.88 bits per heavy atom. The van der Waals surface area contributed by atoms with Crippen LogP contribution in [-0.2, 0) is 4.79 Å². The first-order valence-corrected chi connectivity index (χ1v) is 7.77. The summed E-state index contributed by atoms with van der Waals surface area (Å²) in [6.07, 6.45) is -3.58. The van der Waals surface area contributed by atoms with Crippen LogP contribution < -0.4 is 5.32 Å². The fourth-order valence-electron chi connectivity index (χ4n) is 2.01. The predicted octanol–water partition coefficient (Wildman–Crippen LogP) is 4.17. The van der Waals surface area contributed by atoms with Crippen molar-refractivity contribution < 1.29 is 18.0 Å². The molecular formula is C17H11BrF3N3O. The van der Waals surface area contributed by atoms with Crippen LogP contribution in [0.3, 0.4) is 0 Å². The molecule has 8 heteroatoms. The average Bonchev–Trinajstić information content (AvgIpc) is 2.57. The lowest BCUT2D eigenvalue weighted by Crippen LogP contribution is -2.38. The fourth-order valence-corrected chi connectivity index (χ4v) is 2.37. The molecule has 0 aliphatic carbocycles. The molecule has 4 nitrogen and oxygen atoms in total. The van der Waals surface area contributed by atoms with Crippen molar-refractivity contribution in [3.8, 4) is 6.07 Å². The molecule has 0 saturated heterocycles. The summed E-state index contributed by atoms with van der Waals surface area (Å²) < 4.78 is 40.3. The van der Waals surface area contributed by atoms with E-state index in [1.54, 1.807) is 24.3 Å². The number of hydrogen-bond acceptors (Lipinski definition) is 3. The van der Waals surface area contributed by atoms with E-state index in [0.29, 0.717) is 4.60 Å². The summed E-state index contributed by atoms with van der Waals surface area (Å²) in [5, 5.41) is 11.0. The quantitative estimate of drug-likeness (QED) is 0.468. The molecule has 128 valence electrons. The zero-order valence-electron chi connectivity index (χ0n) is 12.6. The highest BCUT2D eigenvalue weighted by Gasteiger charge is 2.42. The maximum Gasteiger partial charge on any atom is 0.412 e. The zero-order valence-corrected chi connectivity index (χ0v) is 14.2. The Balaban J connectivity index is 2.29. The standard InChI is InChI=1S/C17H11BrF3N3O/c18-14-8-4-7-13(23-14)9-12(10-22)16(25)24-15(17(19,20)21)11-5-2-1-3-6-11/h1-9,15H,(H,24,25)/b12-9+. The number of halogens is 4. The van der Waals surface area contributed by atoms with Crippen LogP contribution in [0.4, 0.5) is 13.2 Å². The lowest BCUT2D eigenvalue weighted by atomic mass is 10.1. The number of aromatic nitrogens is 1. The van der Waals surface area contributed by atoms with Gasteiger partial charge in [0, 0.05) is 0 Å². The summed E-state index contributed by atoms with van der Waals surface area (Å²) in [6, 6.07) is 11.1. The third-order valence-electron chi connectivity index (χ3n) is 3.13. The van der Waals surface area contributed by atoms with Gasteiger partial charge < -0.3 is 5.32 Å². The summed E-state index contributed by atoms with van der Waals surface area (Å²) in [7, 11) is 0. The molecule has 1 unspecified atom stereocenters. The third kappa shape index (κ3) is 5.16. The van der Waals surface area contributed by atoms with E-state index in [4.69, 9.17) is 5.26 Å². The molecule has 1 aromatic heterocycles. The van der Waals surface area contributed by atoms with E-state index in [2.05, 4.69) is 20.9 Å². The first-order chi connectivity index (χ1) is 11.8. The normalized spacial score (nSPS) is 13.0. The number of carbonyl (C=O) groups is 1. The molecule has 0 spiro atoms. The highest BCUT2D eigenvalue weighted by Crippen LogP contribution is 2.32. The molecule has 1 amide bonds. The van der Waals surface area contributed by atoms with Crippen molar-refractivity contribution in [2.24, 2.45) is 0 Å². The molecule has 2 aromatic rings. The highest BCUT2D eigenvalue weighted by atomic mass is 79.9. The van der Waals surface area contributed by atoms with E-state index in [0.717, 1.165) is 6.08 Å². The second kappa shape index (κ2) is 7.94. The van der Waals surface area contributed by atoms with Gasteiger partial charge in [-0.15, -0.1) is 0 Å². The second-order valence-corrected chi connectivity index (χ2v) is 5.73. The van der Waals surface area contributed by atoms with Crippen molar-refractivity contribution >= 4 is 27.9 Å². The van der Waals surface area contributed by atoms with Crippen molar-refractivity contribution in [1.29, 1.82) is 5.26 Å². The van der Waals surface area contributed by atoms with Crippen LogP contribution in [0.25, 0.3) is 6.08 Å². The van der Waals surface area contributed by atoms with Gasteiger partial charge in [0.1, 0.15) is 16.2 Å². The predicted molar refractivity (Wildman–Crippen MR) is 88.9 cm³/mol. The van der Waals surface area contributed by atoms with E-state index in [-0.39, 0.29) is 11.3 Å². The molecule has 1 aromatic carbocycles. The Bertz CT molecular complexity index is 829. The second-order valence-electron chi connectivity index (χ2n) is 4.91. The molecule has 1 atom stereocenters. The van der Waals surface area contributed by atoms with Crippen molar-refractivity contribution in [2.75, 3.05) is 0 Å². The zero-order chi connectivity index (χ0) is 18.4. The summed E-state index contributed by atoms with van der Waals surface area (Å²) in [4.78, 5) is 16.2. The van der Waals surface area contributed by atoms with Crippen molar-refractivity contribution in [2.45, 2.75) is 12.2 Å². The van der Waals surface area contributed by atoms with Gasteiger partial charge >= 0.3 is 6.18 Å². The number of alkyl halides is 3. The average molecular weight is 410 g/mol. The number of nitrogens with one attached hydrogen (secondary N) is 1. The van der Waals surface area contributed by atoms with E-state index in [1.807, 2.05) is 5.32 Å². The number of hydrogen-bond donors (Lipinski definition) is 1. The monoisotopic (exact) mass is 409 g/mol.